The van der Waals surface area contributed by atoms with Crippen LogP contribution in [0.1, 0.15) is 5.56 Å². The minimum atomic E-state index is 0.439. The van der Waals surface area contributed by atoms with Crippen molar-refractivity contribution in [2.75, 3.05) is 7.11 Å². The molecule has 0 N–H and O–H groups in total. The maximum Gasteiger partial charge on any atom is 0.162 e. The number of aromatic nitrogens is 2. The zero-order chi connectivity index (χ0) is 14.3. The van der Waals surface area contributed by atoms with Gasteiger partial charge in [-0.1, -0.05) is 11.6 Å². The highest BCUT2D eigenvalue weighted by Crippen LogP contribution is 2.32. The van der Waals surface area contributed by atoms with Gasteiger partial charge in [0.2, 0.25) is 0 Å². The number of rotatable bonds is 2. The largest absolute Gasteiger partial charge is 0.497 e. The van der Waals surface area contributed by atoms with Gasteiger partial charge in [-0.15, -0.1) is 11.3 Å². The van der Waals surface area contributed by atoms with Crippen molar-refractivity contribution in [3.05, 3.63) is 38.1 Å². The average molecular weight is 370 g/mol. The van der Waals surface area contributed by atoms with Crippen LogP contribution in [0.5, 0.6) is 5.75 Å². The van der Waals surface area contributed by atoms with Crippen LogP contribution in [0.2, 0.25) is 5.15 Å². The van der Waals surface area contributed by atoms with Crippen LogP contribution < -0.4 is 4.74 Å². The molecule has 2 aromatic heterocycles. The van der Waals surface area contributed by atoms with Gasteiger partial charge in [-0.05, 0) is 46.6 Å². The number of benzene rings is 1. The second-order valence-electron chi connectivity index (χ2n) is 4.32. The molecule has 0 aliphatic heterocycles. The molecular formula is C14H10BrClN2OS. The van der Waals surface area contributed by atoms with Crippen molar-refractivity contribution in [3.63, 3.8) is 0 Å². The molecule has 0 fully saturated rings. The number of fused-ring (bicyclic) bond motifs is 1. The molecule has 102 valence electrons. The first kappa shape index (κ1) is 13.8. The number of aryl methyl sites for hydroxylation is 1. The summed E-state index contributed by atoms with van der Waals surface area (Å²) >= 11 is 11.3. The molecule has 1 aromatic carbocycles. The molecule has 0 unspecified atom stereocenters. The average Bonchev–Trinajstić information content (AvgIpc) is 2.86. The molecular weight excluding hydrogens is 360 g/mol. The highest BCUT2D eigenvalue weighted by Gasteiger charge is 2.12. The van der Waals surface area contributed by atoms with E-state index in [2.05, 4.69) is 25.9 Å². The van der Waals surface area contributed by atoms with Crippen LogP contribution in [0.3, 0.4) is 0 Å². The van der Waals surface area contributed by atoms with Crippen LogP contribution in [0.4, 0.5) is 0 Å². The van der Waals surface area contributed by atoms with E-state index in [1.807, 2.05) is 30.5 Å². The number of hydrogen-bond donors (Lipinski definition) is 0. The zero-order valence-corrected chi connectivity index (χ0v) is 13.9. The third kappa shape index (κ3) is 2.41. The molecule has 0 saturated carbocycles. The van der Waals surface area contributed by atoms with Gasteiger partial charge in [0.05, 0.1) is 16.4 Å². The van der Waals surface area contributed by atoms with Gasteiger partial charge in [0.15, 0.2) is 5.82 Å². The molecule has 0 atom stereocenters. The number of thiophene rings is 1. The first-order chi connectivity index (χ1) is 9.58. The topological polar surface area (TPSA) is 35.0 Å². The van der Waals surface area contributed by atoms with E-state index in [0.717, 1.165) is 31.6 Å². The van der Waals surface area contributed by atoms with Crippen molar-refractivity contribution in [1.29, 1.82) is 0 Å². The molecule has 6 heteroatoms. The Kier molecular flexibility index (Phi) is 3.67. The van der Waals surface area contributed by atoms with E-state index in [9.17, 15) is 0 Å². The van der Waals surface area contributed by atoms with Crippen molar-refractivity contribution >= 4 is 49.8 Å². The molecule has 0 spiro atoms. The van der Waals surface area contributed by atoms with Gasteiger partial charge in [-0.2, -0.15) is 0 Å². The van der Waals surface area contributed by atoms with E-state index in [0.29, 0.717) is 11.0 Å². The van der Waals surface area contributed by atoms with Gasteiger partial charge in [0, 0.05) is 16.3 Å². The summed E-state index contributed by atoms with van der Waals surface area (Å²) in [6.07, 6.45) is 0. The number of nitrogens with zero attached hydrogens (tertiary/aromatic N) is 2. The fraction of sp³-hybridized carbons (Fsp3) is 0.143. The van der Waals surface area contributed by atoms with Crippen molar-refractivity contribution in [2.24, 2.45) is 0 Å². The van der Waals surface area contributed by atoms with E-state index < -0.39 is 0 Å². The highest BCUT2D eigenvalue weighted by molar-refractivity contribution is 9.11. The monoisotopic (exact) mass is 368 g/mol. The normalized spacial score (nSPS) is 11.0. The number of halogens is 2. The van der Waals surface area contributed by atoms with E-state index >= 15 is 0 Å². The predicted octanol–water partition coefficient (Wildman–Crippen LogP) is 5.09. The summed E-state index contributed by atoms with van der Waals surface area (Å²) in [7, 11) is 1.63. The Morgan fingerprint density at radius 3 is 2.70 bits per heavy atom. The van der Waals surface area contributed by atoms with Gasteiger partial charge in [-0.3, -0.25) is 0 Å². The summed E-state index contributed by atoms with van der Waals surface area (Å²) < 4.78 is 6.30. The van der Waals surface area contributed by atoms with Gasteiger partial charge in [0.25, 0.3) is 0 Å². The Morgan fingerprint density at radius 1 is 1.25 bits per heavy atom. The number of methoxy groups -OCH3 is 1. The van der Waals surface area contributed by atoms with Crippen molar-refractivity contribution in [2.45, 2.75) is 6.92 Å². The van der Waals surface area contributed by atoms with Crippen molar-refractivity contribution in [1.82, 2.24) is 9.97 Å². The SMILES string of the molecule is COc1cc(C)c2nc(-c3csc(Br)c3)nc(Cl)c2c1. The first-order valence-corrected chi connectivity index (χ1v) is 7.90. The molecule has 3 nitrogen and oxygen atoms in total. The maximum atomic E-state index is 6.30. The molecule has 20 heavy (non-hydrogen) atoms. The lowest BCUT2D eigenvalue weighted by atomic mass is 10.1. The second-order valence-corrected chi connectivity index (χ2v) is 6.97. The van der Waals surface area contributed by atoms with Crippen LogP contribution in [-0.4, -0.2) is 17.1 Å². The van der Waals surface area contributed by atoms with Crippen LogP contribution >= 0.6 is 38.9 Å². The van der Waals surface area contributed by atoms with E-state index in [-0.39, 0.29) is 0 Å². The van der Waals surface area contributed by atoms with Gasteiger partial charge in [0.1, 0.15) is 10.9 Å². The van der Waals surface area contributed by atoms with Gasteiger partial charge < -0.3 is 4.74 Å². The minimum Gasteiger partial charge on any atom is -0.497 e. The molecule has 0 amide bonds. The number of ether oxygens (including phenoxy) is 1. The smallest absolute Gasteiger partial charge is 0.162 e. The molecule has 3 aromatic rings. The quantitative estimate of drug-likeness (QED) is 0.590. The van der Waals surface area contributed by atoms with E-state index in [1.165, 1.54) is 0 Å². The van der Waals surface area contributed by atoms with Gasteiger partial charge in [-0.25, -0.2) is 9.97 Å². The number of hydrogen-bond acceptors (Lipinski definition) is 4. The van der Waals surface area contributed by atoms with Crippen LogP contribution in [-0.2, 0) is 0 Å². The summed E-state index contributed by atoms with van der Waals surface area (Å²) in [5.41, 5.74) is 2.82. The summed E-state index contributed by atoms with van der Waals surface area (Å²) in [5.74, 6) is 1.39. The van der Waals surface area contributed by atoms with E-state index in [1.54, 1.807) is 18.4 Å². The maximum absolute atomic E-state index is 6.30. The van der Waals surface area contributed by atoms with Crippen molar-refractivity contribution < 1.29 is 4.74 Å². The third-order valence-corrected chi connectivity index (χ3v) is 4.77. The van der Waals surface area contributed by atoms with Gasteiger partial charge >= 0.3 is 0 Å². The Morgan fingerprint density at radius 2 is 2.05 bits per heavy atom. The Balaban J connectivity index is 2.26. The molecule has 0 aliphatic carbocycles. The molecule has 0 saturated heterocycles. The Labute approximate surface area is 133 Å². The summed E-state index contributed by atoms with van der Waals surface area (Å²) in [5, 5.41) is 3.25. The Bertz CT molecular complexity index is 803. The van der Waals surface area contributed by atoms with E-state index in [4.69, 9.17) is 16.3 Å². The molecule has 2 heterocycles. The van der Waals surface area contributed by atoms with Crippen molar-refractivity contribution in [3.8, 4) is 17.1 Å². The lowest BCUT2D eigenvalue weighted by molar-refractivity contribution is 0.415. The molecule has 0 bridgehead atoms. The Hall–Kier alpha value is -1.17. The fourth-order valence-electron chi connectivity index (χ4n) is 2.01. The summed E-state index contributed by atoms with van der Waals surface area (Å²) in [6.45, 7) is 1.99. The van der Waals surface area contributed by atoms with Crippen LogP contribution in [0.15, 0.2) is 27.4 Å². The predicted molar refractivity (Wildman–Crippen MR) is 86.9 cm³/mol. The molecule has 3 rings (SSSR count). The summed E-state index contributed by atoms with van der Waals surface area (Å²) in [6, 6.07) is 5.79. The molecule has 0 radical (unpaired) electrons. The third-order valence-electron chi connectivity index (χ3n) is 2.98. The molecule has 0 aliphatic rings. The lowest BCUT2D eigenvalue weighted by Gasteiger charge is -2.08. The zero-order valence-electron chi connectivity index (χ0n) is 10.8. The first-order valence-electron chi connectivity index (χ1n) is 5.85. The second kappa shape index (κ2) is 5.31. The minimum absolute atomic E-state index is 0.439. The fourth-order valence-corrected chi connectivity index (χ4v) is 3.37. The van der Waals surface area contributed by atoms with Crippen LogP contribution in [0.25, 0.3) is 22.3 Å². The standard InChI is InChI=1S/C14H10BrClN2OS/c1-7-3-9(19-2)5-10-12(7)17-14(18-13(10)16)8-4-11(15)20-6-8/h3-6H,1-2H3. The highest BCUT2D eigenvalue weighted by atomic mass is 79.9. The summed E-state index contributed by atoms with van der Waals surface area (Å²) in [4.78, 5) is 9.02. The van der Waals surface area contributed by atoms with Crippen LogP contribution in [0, 0.1) is 6.92 Å². The lowest BCUT2D eigenvalue weighted by Crippen LogP contribution is -1.94.